The summed E-state index contributed by atoms with van der Waals surface area (Å²) in [5, 5.41) is 10.5. The van der Waals surface area contributed by atoms with Gasteiger partial charge in [-0.3, -0.25) is 0 Å². The van der Waals surface area contributed by atoms with Gasteiger partial charge in [0.15, 0.2) is 0 Å². The van der Waals surface area contributed by atoms with Crippen molar-refractivity contribution in [1.82, 2.24) is 4.90 Å². The fraction of sp³-hybridized carbons (Fsp3) is 0.435. The van der Waals surface area contributed by atoms with Crippen LogP contribution >= 0.6 is 11.6 Å². The predicted molar refractivity (Wildman–Crippen MR) is 113 cm³/mol. The van der Waals surface area contributed by atoms with Gasteiger partial charge in [-0.25, -0.2) is 4.79 Å². The van der Waals surface area contributed by atoms with E-state index in [0.29, 0.717) is 13.1 Å². The summed E-state index contributed by atoms with van der Waals surface area (Å²) >= 11 is 6.74. The average Bonchev–Trinajstić information content (AvgIpc) is 2.83. The lowest BCUT2D eigenvalue weighted by Gasteiger charge is -2.41. The second kappa shape index (κ2) is 7.00. The van der Waals surface area contributed by atoms with Gasteiger partial charge in [-0.05, 0) is 34.6 Å². The summed E-state index contributed by atoms with van der Waals surface area (Å²) in [5.41, 5.74) is 4.79. The van der Waals surface area contributed by atoms with Gasteiger partial charge >= 0.3 is 6.09 Å². The molecule has 1 N–H and O–H groups in total. The lowest BCUT2D eigenvalue weighted by molar-refractivity contribution is 0.138. The van der Waals surface area contributed by atoms with Crippen LogP contribution in [0.15, 0.2) is 42.5 Å². The van der Waals surface area contributed by atoms with Crippen LogP contribution in [0.3, 0.4) is 0 Å². The third-order valence-electron chi connectivity index (χ3n) is 6.05. The summed E-state index contributed by atoms with van der Waals surface area (Å²) in [6, 6.07) is 14.7. The fourth-order valence-electron chi connectivity index (χ4n) is 5.04. The van der Waals surface area contributed by atoms with Crippen LogP contribution in [-0.4, -0.2) is 35.2 Å². The topological polar surface area (TPSA) is 43.8 Å². The van der Waals surface area contributed by atoms with Gasteiger partial charge in [0.2, 0.25) is 0 Å². The quantitative estimate of drug-likeness (QED) is 0.737. The predicted octanol–water partition coefficient (Wildman–Crippen LogP) is 5.39. The molecule has 0 aromatic heterocycles. The number of hydrogen-bond acceptors (Lipinski definition) is 2. The summed E-state index contributed by atoms with van der Waals surface area (Å²) in [6.45, 7) is 8.54. The van der Waals surface area contributed by atoms with E-state index in [4.69, 9.17) is 11.6 Å². The highest BCUT2D eigenvalue weighted by atomic mass is 35.5. The van der Waals surface area contributed by atoms with Crippen LogP contribution in [-0.2, 0) is 13.0 Å². The van der Waals surface area contributed by atoms with Crippen molar-refractivity contribution in [3.8, 4) is 0 Å². The molecule has 4 rings (SSSR count). The van der Waals surface area contributed by atoms with Crippen LogP contribution in [0.25, 0.3) is 0 Å². The van der Waals surface area contributed by atoms with Crippen LogP contribution in [0.5, 0.6) is 0 Å². The molecular formula is C23H27ClN2O2. The second-order valence-corrected chi connectivity index (χ2v) is 9.39. The van der Waals surface area contributed by atoms with Crippen molar-refractivity contribution in [2.24, 2.45) is 5.41 Å². The lowest BCUT2D eigenvalue weighted by Crippen LogP contribution is -2.47. The number of carbonyl (C=O) groups is 1. The molecule has 28 heavy (non-hydrogen) atoms. The number of anilines is 1. The van der Waals surface area contributed by atoms with E-state index in [1.165, 1.54) is 16.7 Å². The van der Waals surface area contributed by atoms with Crippen LogP contribution in [0.4, 0.5) is 10.5 Å². The van der Waals surface area contributed by atoms with E-state index in [1.54, 1.807) is 4.90 Å². The molecule has 4 nitrogen and oxygen atoms in total. The number of halogens is 1. The van der Waals surface area contributed by atoms with Crippen molar-refractivity contribution >= 4 is 23.4 Å². The second-order valence-electron chi connectivity index (χ2n) is 8.98. The lowest BCUT2D eigenvalue weighted by atomic mass is 9.77. The first-order chi connectivity index (χ1) is 13.3. The third-order valence-corrected chi connectivity index (χ3v) is 6.36. The summed E-state index contributed by atoms with van der Waals surface area (Å²) in [5.74, 6) is 0.117. The van der Waals surface area contributed by atoms with Gasteiger partial charge in [0.1, 0.15) is 0 Å². The molecular weight excluding hydrogens is 372 g/mol. The number of rotatable bonds is 2. The molecule has 5 heteroatoms. The highest BCUT2D eigenvalue weighted by Gasteiger charge is 2.48. The van der Waals surface area contributed by atoms with E-state index in [-0.39, 0.29) is 17.4 Å². The number of carboxylic acid groups (broad SMARTS) is 1. The van der Waals surface area contributed by atoms with Gasteiger partial charge in [-0.2, -0.15) is 0 Å². The Balaban J connectivity index is 1.87. The van der Waals surface area contributed by atoms with Gasteiger partial charge in [0, 0.05) is 31.6 Å². The maximum absolute atomic E-state index is 11.8. The molecule has 0 saturated carbocycles. The Kier molecular flexibility index (Phi) is 4.78. The van der Waals surface area contributed by atoms with Gasteiger partial charge in [-0.1, -0.05) is 68.8 Å². The SMILES string of the molecule is CC(C)(C)C1[C@H]2CN(C(=O)O)CCc3ccc(Cl)c(c32)N1Cc1ccccc1. The molecule has 0 spiro atoms. The van der Waals surface area contributed by atoms with Crippen LogP contribution in [0.2, 0.25) is 5.02 Å². The average molecular weight is 399 g/mol. The number of amides is 1. The Morgan fingerprint density at radius 1 is 1.18 bits per heavy atom. The maximum Gasteiger partial charge on any atom is 0.407 e. The summed E-state index contributed by atoms with van der Waals surface area (Å²) in [6.07, 6.45) is -0.104. The molecule has 0 saturated heterocycles. The standard InChI is InChI=1S/C23H27ClN2O2/c1-23(2,3)21-17-14-25(22(27)28)12-11-16-9-10-18(24)20(19(16)17)26(21)13-15-7-5-4-6-8-15/h4-10,17,21H,11-14H2,1-3H3,(H,27,28)/t17-,21?/m0/s1. The Bertz CT molecular complexity index is 891. The molecule has 1 amide bonds. The molecule has 2 atom stereocenters. The van der Waals surface area contributed by atoms with E-state index in [1.807, 2.05) is 12.1 Å². The minimum absolute atomic E-state index is 0.0341. The smallest absolute Gasteiger partial charge is 0.407 e. The van der Waals surface area contributed by atoms with E-state index < -0.39 is 6.09 Å². The Morgan fingerprint density at radius 2 is 1.89 bits per heavy atom. The normalized spacial score (nSPS) is 21.4. The van der Waals surface area contributed by atoms with Crippen molar-refractivity contribution in [2.45, 2.75) is 45.7 Å². The fourth-order valence-corrected chi connectivity index (χ4v) is 5.31. The van der Waals surface area contributed by atoms with E-state index in [9.17, 15) is 9.90 Å². The molecule has 1 unspecified atom stereocenters. The molecule has 0 fully saturated rings. The number of nitrogens with zero attached hydrogens (tertiary/aromatic N) is 2. The maximum atomic E-state index is 11.8. The summed E-state index contributed by atoms with van der Waals surface area (Å²) < 4.78 is 0. The number of hydrogen-bond donors (Lipinski definition) is 1. The zero-order valence-electron chi connectivity index (χ0n) is 16.7. The van der Waals surface area contributed by atoms with Gasteiger partial charge < -0.3 is 14.9 Å². The first-order valence-electron chi connectivity index (χ1n) is 9.87. The highest BCUT2D eigenvalue weighted by molar-refractivity contribution is 6.33. The molecule has 148 valence electrons. The van der Waals surface area contributed by atoms with Crippen molar-refractivity contribution in [3.05, 3.63) is 64.2 Å². The molecule has 0 radical (unpaired) electrons. The van der Waals surface area contributed by atoms with Gasteiger partial charge in [0.05, 0.1) is 10.7 Å². The summed E-state index contributed by atoms with van der Waals surface area (Å²) in [4.78, 5) is 15.8. The van der Waals surface area contributed by atoms with Crippen LogP contribution < -0.4 is 4.90 Å². The minimum Gasteiger partial charge on any atom is -0.465 e. The molecule has 2 aliphatic rings. The first kappa shape index (κ1) is 19.1. The van der Waals surface area contributed by atoms with Crippen molar-refractivity contribution in [1.29, 1.82) is 0 Å². The Hall–Kier alpha value is -2.20. The minimum atomic E-state index is -0.838. The van der Waals surface area contributed by atoms with Gasteiger partial charge in [-0.15, -0.1) is 0 Å². The third kappa shape index (κ3) is 3.24. The highest BCUT2D eigenvalue weighted by Crippen LogP contribution is 2.53. The van der Waals surface area contributed by atoms with E-state index >= 15 is 0 Å². The molecule has 2 aromatic rings. The number of benzene rings is 2. The molecule has 2 aromatic carbocycles. The van der Waals surface area contributed by atoms with E-state index in [2.05, 4.69) is 56.0 Å². The largest absolute Gasteiger partial charge is 0.465 e. The van der Waals surface area contributed by atoms with Crippen molar-refractivity contribution in [3.63, 3.8) is 0 Å². The van der Waals surface area contributed by atoms with Crippen molar-refractivity contribution in [2.75, 3.05) is 18.0 Å². The monoisotopic (exact) mass is 398 g/mol. The Labute approximate surface area is 171 Å². The zero-order valence-corrected chi connectivity index (χ0v) is 17.4. The van der Waals surface area contributed by atoms with Crippen molar-refractivity contribution < 1.29 is 9.90 Å². The molecule has 0 bridgehead atoms. The molecule has 2 heterocycles. The van der Waals surface area contributed by atoms with E-state index in [0.717, 1.165) is 23.7 Å². The van der Waals surface area contributed by atoms with Crippen LogP contribution in [0, 0.1) is 5.41 Å². The van der Waals surface area contributed by atoms with Gasteiger partial charge in [0.25, 0.3) is 0 Å². The zero-order chi connectivity index (χ0) is 20.1. The Morgan fingerprint density at radius 3 is 2.54 bits per heavy atom. The molecule has 0 aliphatic carbocycles. The summed E-state index contributed by atoms with van der Waals surface area (Å²) in [7, 11) is 0. The molecule has 2 aliphatic heterocycles. The first-order valence-corrected chi connectivity index (χ1v) is 10.2. The van der Waals surface area contributed by atoms with Crippen LogP contribution in [0.1, 0.15) is 43.4 Å².